The lowest BCUT2D eigenvalue weighted by Crippen LogP contribution is -2.25. The van der Waals surface area contributed by atoms with Gasteiger partial charge in [-0.1, -0.05) is 12.1 Å². The molecule has 0 saturated heterocycles. The number of rotatable bonds is 8. The maximum absolute atomic E-state index is 14.0. The Morgan fingerprint density at radius 2 is 1.82 bits per heavy atom. The van der Waals surface area contributed by atoms with Crippen molar-refractivity contribution in [1.29, 1.82) is 5.26 Å². The highest BCUT2D eigenvalue weighted by Crippen LogP contribution is 2.29. The molecule has 176 valence electrons. The largest absolute Gasteiger partial charge is 0.488 e. The predicted molar refractivity (Wildman–Crippen MR) is 113 cm³/mol. The monoisotopic (exact) mass is 474 g/mol. The number of aromatic nitrogens is 1. The SMILES string of the molecule is COCCn1cc(C(=O)c2cc(F)ccc2OCc2ccc(C(F)(F)F)cc2)cc(C#N)c1=O. The highest BCUT2D eigenvalue weighted by Gasteiger charge is 2.30. The minimum atomic E-state index is -4.47. The Morgan fingerprint density at radius 3 is 2.44 bits per heavy atom. The Bertz CT molecular complexity index is 1290. The molecule has 3 aromatic rings. The van der Waals surface area contributed by atoms with Crippen molar-refractivity contribution in [3.05, 3.63) is 98.7 Å². The fourth-order valence-electron chi connectivity index (χ4n) is 3.11. The lowest BCUT2D eigenvalue weighted by atomic mass is 10.0. The van der Waals surface area contributed by atoms with Gasteiger partial charge < -0.3 is 14.0 Å². The summed E-state index contributed by atoms with van der Waals surface area (Å²) in [5.41, 5.74) is -1.51. The summed E-state index contributed by atoms with van der Waals surface area (Å²) in [5.74, 6) is -1.44. The zero-order chi connectivity index (χ0) is 24.9. The van der Waals surface area contributed by atoms with E-state index in [0.717, 1.165) is 34.9 Å². The molecule has 0 saturated carbocycles. The number of hydrogen-bond donors (Lipinski definition) is 0. The van der Waals surface area contributed by atoms with E-state index in [2.05, 4.69) is 0 Å². The van der Waals surface area contributed by atoms with Crippen molar-refractivity contribution in [1.82, 2.24) is 4.57 Å². The lowest BCUT2D eigenvalue weighted by molar-refractivity contribution is -0.137. The van der Waals surface area contributed by atoms with Crippen LogP contribution in [0.5, 0.6) is 5.75 Å². The fourth-order valence-corrected chi connectivity index (χ4v) is 3.11. The van der Waals surface area contributed by atoms with Crippen molar-refractivity contribution < 1.29 is 31.8 Å². The second-order valence-corrected chi connectivity index (χ2v) is 7.20. The van der Waals surface area contributed by atoms with E-state index in [4.69, 9.17) is 9.47 Å². The number of hydrogen-bond acceptors (Lipinski definition) is 5. The molecular weight excluding hydrogens is 456 g/mol. The molecule has 1 heterocycles. The van der Waals surface area contributed by atoms with Gasteiger partial charge in [-0.3, -0.25) is 9.59 Å². The van der Waals surface area contributed by atoms with E-state index in [9.17, 15) is 32.4 Å². The van der Waals surface area contributed by atoms with Crippen molar-refractivity contribution >= 4 is 5.78 Å². The molecule has 34 heavy (non-hydrogen) atoms. The first kappa shape index (κ1) is 24.7. The first-order valence-corrected chi connectivity index (χ1v) is 9.90. The molecule has 0 atom stereocenters. The molecule has 0 radical (unpaired) electrons. The summed E-state index contributed by atoms with van der Waals surface area (Å²) in [6, 6.07) is 10.4. The van der Waals surface area contributed by atoms with Crippen molar-refractivity contribution in [3.63, 3.8) is 0 Å². The Labute approximate surface area is 191 Å². The molecule has 0 N–H and O–H groups in total. The number of nitriles is 1. The van der Waals surface area contributed by atoms with Crippen LogP contribution in [0.3, 0.4) is 0 Å². The van der Waals surface area contributed by atoms with Gasteiger partial charge in [0, 0.05) is 25.4 Å². The zero-order valence-electron chi connectivity index (χ0n) is 17.9. The minimum Gasteiger partial charge on any atom is -0.488 e. The highest BCUT2D eigenvalue weighted by atomic mass is 19.4. The summed E-state index contributed by atoms with van der Waals surface area (Å²) in [5, 5.41) is 9.26. The Kier molecular flexibility index (Phi) is 7.48. The molecule has 3 rings (SSSR count). The maximum Gasteiger partial charge on any atom is 0.416 e. The van der Waals surface area contributed by atoms with Crippen LogP contribution in [-0.4, -0.2) is 24.1 Å². The van der Waals surface area contributed by atoms with E-state index in [0.29, 0.717) is 5.56 Å². The van der Waals surface area contributed by atoms with Gasteiger partial charge in [0.05, 0.1) is 17.7 Å². The number of ether oxygens (including phenoxy) is 2. The van der Waals surface area contributed by atoms with Gasteiger partial charge in [0.25, 0.3) is 5.56 Å². The van der Waals surface area contributed by atoms with Crippen LogP contribution in [0.25, 0.3) is 0 Å². The summed E-state index contributed by atoms with van der Waals surface area (Å²) in [7, 11) is 1.43. The van der Waals surface area contributed by atoms with E-state index < -0.39 is 28.9 Å². The van der Waals surface area contributed by atoms with Gasteiger partial charge in [-0.2, -0.15) is 18.4 Å². The summed E-state index contributed by atoms with van der Waals surface area (Å²) in [6.45, 7) is 0.0657. The van der Waals surface area contributed by atoms with Gasteiger partial charge in [-0.25, -0.2) is 4.39 Å². The van der Waals surface area contributed by atoms with Gasteiger partial charge in [-0.05, 0) is 42.0 Å². The first-order valence-electron chi connectivity index (χ1n) is 9.90. The minimum absolute atomic E-state index is 0.0144. The third-order valence-electron chi connectivity index (χ3n) is 4.87. The van der Waals surface area contributed by atoms with Crippen LogP contribution < -0.4 is 10.3 Å². The van der Waals surface area contributed by atoms with E-state index in [1.165, 1.54) is 31.5 Å². The van der Waals surface area contributed by atoms with Crippen LogP contribution in [0.15, 0.2) is 59.5 Å². The average Bonchev–Trinajstić information content (AvgIpc) is 2.81. The standard InChI is InChI=1S/C24H18F4N2O4/c1-33-9-8-30-13-17(10-16(12-29)23(30)32)22(31)20-11-19(25)6-7-21(20)34-14-15-2-4-18(5-3-15)24(26,27)28/h2-7,10-11,13H,8-9,14H2,1H3. The quantitative estimate of drug-likeness (QED) is 0.359. The van der Waals surface area contributed by atoms with E-state index >= 15 is 0 Å². The number of halogens is 4. The molecular formula is C24H18F4N2O4. The molecule has 0 amide bonds. The summed E-state index contributed by atoms with van der Waals surface area (Å²) < 4.78 is 63.8. The average molecular weight is 474 g/mol. The smallest absolute Gasteiger partial charge is 0.416 e. The molecule has 2 aromatic carbocycles. The third-order valence-corrected chi connectivity index (χ3v) is 4.87. The molecule has 0 aliphatic rings. The highest BCUT2D eigenvalue weighted by molar-refractivity contribution is 6.10. The second kappa shape index (κ2) is 10.3. The maximum atomic E-state index is 14.0. The number of carbonyl (C=O) groups is 1. The molecule has 1 aromatic heterocycles. The number of carbonyl (C=O) groups excluding carboxylic acids is 1. The van der Waals surface area contributed by atoms with Gasteiger partial charge in [0.15, 0.2) is 5.78 Å². The molecule has 6 nitrogen and oxygen atoms in total. The summed E-state index contributed by atoms with van der Waals surface area (Å²) in [4.78, 5) is 25.5. The molecule has 0 bridgehead atoms. The Balaban J connectivity index is 1.91. The van der Waals surface area contributed by atoms with Crippen LogP contribution in [-0.2, 0) is 24.1 Å². The summed E-state index contributed by atoms with van der Waals surface area (Å²) in [6.07, 6.45) is -3.23. The van der Waals surface area contributed by atoms with Crippen molar-refractivity contribution in [2.75, 3.05) is 13.7 Å². The summed E-state index contributed by atoms with van der Waals surface area (Å²) >= 11 is 0. The lowest BCUT2D eigenvalue weighted by Gasteiger charge is -2.13. The van der Waals surface area contributed by atoms with E-state index in [1.807, 2.05) is 0 Å². The molecule has 0 spiro atoms. The number of nitrogens with zero attached hydrogens (tertiary/aromatic N) is 2. The normalized spacial score (nSPS) is 11.2. The van der Waals surface area contributed by atoms with Gasteiger partial charge in [0.1, 0.15) is 29.8 Å². The predicted octanol–water partition coefficient (Wildman–Crippen LogP) is 4.33. The number of pyridine rings is 1. The number of benzene rings is 2. The first-order chi connectivity index (χ1) is 16.1. The van der Waals surface area contributed by atoms with Crippen LogP contribution in [0.1, 0.15) is 32.6 Å². The molecule has 0 fully saturated rings. The molecule has 10 heteroatoms. The van der Waals surface area contributed by atoms with Crippen molar-refractivity contribution in [2.45, 2.75) is 19.3 Å². The van der Waals surface area contributed by atoms with Crippen LogP contribution >= 0.6 is 0 Å². The molecule has 0 aliphatic heterocycles. The zero-order valence-corrected chi connectivity index (χ0v) is 17.9. The second-order valence-electron chi connectivity index (χ2n) is 7.20. The molecule has 0 unspecified atom stereocenters. The van der Waals surface area contributed by atoms with Gasteiger partial charge in [-0.15, -0.1) is 0 Å². The Morgan fingerprint density at radius 1 is 1.12 bits per heavy atom. The number of alkyl halides is 3. The fraction of sp³-hybridized carbons (Fsp3) is 0.208. The van der Waals surface area contributed by atoms with Gasteiger partial charge >= 0.3 is 6.18 Å². The topological polar surface area (TPSA) is 81.3 Å². The Hall–Kier alpha value is -3.97. The number of methoxy groups -OCH3 is 1. The van der Waals surface area contributed by atoms with Crippen molar-refractivity contribution in [3.8, 4) is 11.8 Å². The van der Waals surface area contributed by atoms with Crippen LogP contribution in [0, 0.1) is 17.1 Å². The molecule has 0 aliphatic carbocycles. The van der Waals surface area contributed by atoms with E-state index in [-0.39, 0.29) is 42.2 Å². The van der Waals surface area contributed by atoms with Crippen molar-refractivity contribution in [2.24, 2.45) is 0 Å². The van der Waals surface area contributed by atoms with Crippen LogP contribution in [0.4, 0.5) is 17.6 Å². The number of ketones is 1. The third kappa shape index (κ3) is 5.68. The van der Waals surface area contributed by atoms with Gasteiger partial charge in [0.2, 0.25) is 0 Å². The van der Waals surface area contributed by atoms with E-state index in [1.54, 1.807) is 6.07 Å². The van der Waals surface area contributed by atoms with Crippen LogP contribution in [0.2, 0.25) is 0 Å².